The lowest BCUT2D eigenvalue weighted by molar-refractivity contribution is -0.130. The highest BCUT2D eigenvalue weighted by Crippen LogP contribution is 2.22. The third-order valence-corrected chi connectivity index (χ3v) is 6.04. The van der Waals surface area contributed by atoms with Gasteiger partial charge in [0.2, 0.25) is 0 Å². The molecule has 2 atom stereocenters. The summed E-state index contributed by atoms with van der Waals surface area (Å²) >= 11 is 1.64. The van der Waals surface area contributed by atoms with E-state index in [0.717, 1.165) is 11.1 Å². The van der Waals surface area contributed by atoms with E-state index in [4.69, 9.17) is 5.73 Å². The summed E-state index contributed by atoms with van der Waals surface area (Å²) in [5.41, 5.74) is 7.88. The molecule has 0 amide bonds. The van der Waals surface area contributed by atoms with Crippen LogP contribution in [0.15, 0.2) is 47.4 Å². The first-order valence-electron chi connectivity index (χ1n) is 8.17. The lowest BCUT2D eigenvalue weighted by atomic mass is 10.1. The Morgan fingerprint density at radius 2 is 1.92 bits per heavy atom. The van der Waals surface area contributed by atoms with Gasteiger partial charge in [0.25, 0.3) is 10.0 Å². The van der Waals surface area contributed by atoms with E-state index in [-0.39, 0.29) is 4.90 Å². The van der Waals surface area contributed by atoms with E-state index in [1.807, 2.05) is 13.0 Å². The molecule has 7 nitrogen and oxygen atoms in total. The highest BCUT2D eigenvalue weighted by atomic mass is 32.2. The van der Waals surface area contributed by atoms with E-state index in [1.165, 1.54) is 6.07 Å². The number of hydrogen-bond acceptors (Lipinski definition) is 7. The summed E-state index contributed by atoms with van der Waals surface area (Å²) in [6.07, 6.45) is -1.31. The van der Waals surface area contributed by atoms with Gasteiger partial charge in [-0.3, -0.25) is 4.79 Å². The minimum absolute atomic E-state index is 0.0476. The Morgan fingerprint density at radius 3 is 2.65 bits per heavy atom. The number of sulfonamides is 1. The molecule has 142 valence electrons. The molecule has 26 heavy (non-hydrogen) atoms. The van der Waals surface area contributed by atoms with Gasteiger partial charge in [-0.05, 0) is 29.4 Å². The monoisotopic (exact) mass is 397 g/mol. The number of fused-ring (bicyclic) bond motifs is 1. The first kappa shape index (κ1) is 20.8. The largest absolute Gasteiger partial charge is 0.370 e. The van der Waals surface area contributed by atoms with Crippen LogP contribution >= 0.6 is 11.8 Å². The number of carbonyl (C=O) groups is 1. The summed E-state index contributed by atoms with van der Waals surface area (Å²) in [5, 5.41) is 11.2. The molecule has 0 saturated heterocycles. The number of ketones is 1. The average Bonchev–Trinajstić information content (AvgIpc) is 2.65. The smallest absolute Gasteiger partial charge is 0.253 e. The zero-order valence-electron chi connectivity index (χ0n) is 14.4. The van der Waals surface area contributed by atoms with Crippen LogP contribution in [-0.4, -0.2) is 43.1 Å². The van der Waals surface area contributed by atoms with Crippen molar-refractivity contribution in [2.75, 3.05) is 11.5 Å². The summed E-state index contributed by atoms with van der Waals surface area (Å²) in [4.78, 5) is 14.1. The van der Waals surface area contributed by atoms with Crippen molar-refractivity contribution in [1.29, 1.82) is 0 Å². The van der Waals surface area contributed by atoms with Gasteiger partial charge >= 0.3 is 0 Å². The number of thioether (sulfide) groups is 1. The van der Waals surface area contributed by atoms with Gasteiger partial charge in [-0.1, -0.05) is 43.3 Å². The molecule has 0 fully saturated rings. The molecule has 0 spiro atoms. The predicted molar refractivity (Wildman–Crippen MR) is 104 cm³/mol. The number of benzene rings is 2. The van der Waals surface area contributed by atoms with Crippen LogP contribution in [0.4, 0.5) is 0 Å². The molecular weight excluding hydrogens is 374 g/mol. The van der Waals surface area contributed by atoms with Crippen LogP contribution in [0, 0.1) is 0 Å². The second-order valence-corrected chi connectivity index (χ2v) is 8.67. The van der Waals surface area contributed by atoms with Gasteiger partial charge in [-0.15, -0.1) is 4.83 Å². The van der Waals surface area contributed by atoms with Crippen molar-refractivity contribution in [3.05, 3.63) is 42.5 Å². The maximum atomic E-state index is 12.5. The number of aliphatic hydroxyl groups is 1. The second kappa shape index (κ2) is 9.45. The molecule has 1 unspecified atom stereocenters. The van der Waals surface area contributed by atoms with Crippen LogP contribution in [0.1, 0.15) is 13.3 Å². The summed E-state index contributed by atoms with van der Waals surface area (Å²) in [5.74, 6) is 0.937. The Labute approximate surface area is 157 Å². The minimum atomic E-state index is -3.98. The standard InChI is InChI=1S/C17H23N3O4S2/c1-2-25-11-10-14(18)16(21)17(22)19-20-26(23,24)15-9-5-7-12-6-3-4-8-13(12)15/h3-9,14,17,19-20,22H,2,10-11,18H2,1H3/t14-,17?/m1/s1. The van der Waals surface area contributed by atoms with Crippen LogP contribution in [0.3, 0.4) is 0 Å². The lowest BCUT2D eigenvalue weighted by Gasteiger charge is -2.17. The number of nitrogens with one attached hydrogen (secondary N) is 2. The van der Waals surface area contributed by atoms with Crippen LogP contribution in [0.25, 0.3) is 10.8 Å². The molecule has 0 aliphatic carbocycles. The fraction of sp³-hybridized carbons (Fsp3) is 0.353. The van der Waals surface area contributed by atoms with E-state index in [2.05, 4.69) is 10.3 Å². The van der Waals surface area contributed by atoms with Crippen molar-refractivity contribution in [2.45, 2.75) is 30.5 Å². The Hall–Kier alpha value is -1.49. The normalized spacial score (nSPS) is 14.3. The third-order valence-electron chi connectivity index (χ3n) is 3.78. The Bertz CT molecular complexity index is 853. The molecule has 0 bridgehead atoms. The van der Waals surface area contributed by atoms with Gasteiger partial charge in [0.1, 0.15) is 0 Å². The molecular formula is C17H23N3O4S2. The zero-order valence-corrected chi connectivity index (χ0v) is 16.0. The van der Waals surface area contributed by atoms with Gasteiger partial charge in [0, 0.05) is 5.39 Å². The maximum absolute atomic E-state index is 12.5. The number of hydrogen-bond donors (Lipinski definition) is 4. The topological polar surface area (TPSA) is 122 Å². The number of aliphatic hydroxyl groups excluding tert-OH is 1. The van der Waals surface area contributed by atoms with E-state index >= 15 is 0 Å². The van der Waals surface area contributed by atoms with Crippen molar-refractivity contribution >= 4 is 38.3 Å². The van der Waals surface area contributed by atoms with E-state index in [9.17, 15) is 18.3 Å². The van der Waals surface area contributed by atoms with Crippen LogP contribution < -0.4 is 16.0 Å². The van der Waals surface area contributed by atoms with Crippen molar-refractivity contribution in [2.24, 2.45) is 5.73 Å². The van der Waals surface area contributed by atoms with E-state index in [1.54, 1.807) is 42.1 Å². The predicted octanol–water partition coefficient (Wildman–Crippen LogP) is 0.981. The third kappa shape index (κ3) is 5.26. The molecule has 0 aliphatic rings. The molecule has 0 heterocycles. The Balaban J connectivity index is 2.04. The molecule has 0 saturated carbocycles. The first-order chi connectivity index (χ1) is 12.4. The summed E-state index contributed by atoms with van der Waals surface area (Å²) in [6.45, 7) is 2.00. The summed E-state index contributed by atoms with van der Waals surface area (Å²) in [7, 11) is -3.98. The quantitative estimate of drug-likeness (QED) is 0.268. The Kier molecular flexibility index (Phi) is 7.56. The zero-order chi connectivity index (χ0) is 19.2. The number of Topliss-reactive ketones (excluding diaryl/α,β-unsaturated/α-hetero) is 1. The molecule has 0 aromatic heterocycles. The molecule has 2 rings (SSSR count). The SMILES string of the molecule is CCSCC[C@@H](N)C(=O)C(O)NNS(=O)(=O)c1cccc2ccccc12. The van der Waals surface area contributed by atoms with Crippen LogP contribution in [0.2, 0.25) is 0 Å². The highest BCUT2D eigenvalue weighted by Gasteiger charge is 2.24. The summed E-state index contributed by atoms with van der Waals surface area (Å²) < 4.78 is 25.0. The minimum Gasteiger partial charge on any atom is -0.370 e. The average molecular weight is 398 g/mol. The van der Waals surface area contributed by atoms with E-state index < -0.39 is 28.1 Å². The number of hydrazine groups is 1. The van der Waals surface area contributed by atoms with Crippen LogP contribution in [0.5, 0.6) is 0 Å². The van der Waals surface area contributed by atoms with Crippen molar-refractivity contribution in [1.82, 2.24) is 10.3 Å². The molecule has 5 N–H and O–H groups in total. The first-order valence-corrected chi connectivity index (χ1v) is 10.8. The van der Waals surface area contributed by atoms with Gasteiger partial charge in [-0.25, -0.2) is 13.8 Å². The second-order valence-electron chi connectivity index (χ2n) is 5.62. The van der Waals surface area contributed by atoms with Gasteiger partial charge < -0.3 is 10.8 Å². The fourth-order valence-corrected chi connectivity index (χ4v) is 4.21. The van der Waals surface area contributed by atoms with Gasteiger partial charge in [0.15, 0.2) is 12.0 Å². The van der Waals surface area contributed by atoms with Crippen molar-refractivity contribution in [3.8, 4) is 0 Å². The fourth-order valence-electron chi connectivity index (χ4n) is 2.39. The van der Waals surface area contributed by atoms with Crippen molar-refractivity contribution < 1.29 is 18.3 Å². The number of nitrogens with two attached hydrogens (primary N) is 1. The van der Waals surface area contributed by atoms with Gasteiger partial charge in [0.05, 0.1) is 10.9 Å². The van der Waals surface area contributed by atoms with Crippen LogP contribution in [-0.2, 0) is 14.8 Å². The molecule has 0 aliphatic heterocycles. The highest BCUT2D eigenvalue weighted by molar-refractivity contribution is 7.99. The number of carbonyl (C=O) groups excluding carboxylic acids is 1. The lowest BCUT2D eigenvalue weighted by Crippen LogP contribution is -2.52. The van der Waals surface area contributed by atoms with Crippen molar-refractivity contribution in [3.63, 3.8) is 0 Å². The summed E-state index contributed by atoms with van der Waals surface area (Å²) in [6, 6.07) is 11.0. The Morgan fingerprint density at radius 1 is 1.23 bits per heavy atom. The molecule has 2 aromatic rings. The maximum Gasteiger partial charge on any atom is 0.253 e. The van der Waals surface area contributed by atoms with E-state index in [0.29, 0.717) is 17.6 Å². The molecule has 9 heteroatoms. The number of rotatable bonds is 10. The molecule has 0 radical (unpaired) electrons. The molecule has 2 aromatic carbocycles. The van der Waals surface area contributed by atoms with Gasteiger partial charge in [-0.2, -0.15) is 11.8 Å².